The number of alkyl halides is 3. The number of anilines is 1. The van der Waals surface area contributed by atoms with Crippen LogP contribution in [0.4, 0.5) is 24.5 Å². The van der Waals surface area contributed by atoms with Crippen molar-refractivity contribution in [2.24, 2.45) is 11.5 Å². The Morgan fingerprint density at radius 3 is 2.58 bits per heavy atom. The van der Waals surface area contributed by atoms with Gasteiger partial charge in [0.2, 0.25) is 17.7 Å². The minimum Gasteiger partial charge on any atom is -0.461 e. The van der Waals surface area contributed by atoms with Crippen LogP contribution in [0.5, 0.6) is 0 Å². The Kier molecular flexibility index (Phi) is 11.8. The average molecular weight is 575 g/mol. The van der Waals surface area contributed by atoms with Gasteiger partial charge in [-0.3, -0.25) is 24.5 Å². The van der Waals surface area contributed by atoms with Gasteiger partial charge in [-0.15, -0.1) is 0 Å². The zero-order valence-electron chi connectivity index (χ0n) is 21.9. The highest BCUT2D eigenvalue weighted by Gasteiger charge is 2.39. The van der Waals surface area contributed by atoms with Crippen molar-refractivity contribution in [1.29, 1.82) is 0 Å². The number of nitrogens with one attached hydrogen (secondary N) is 2. The van der Waals surface area contributed by atoms with Crippen molar-refractivity contribution in [2.75, 3.05) is 25.0 Å². The van der Waals surface area contributed by atoms with Gasteiger partial charge in [0, 0.05) is 18.3 Å². The average Bonchev–Trinajstić information content (AvgIpc) is 3.36. The second-order valence-electron chi connectivity index (χ2n) is 9.34. The summed E-state index contributed by atoms with van der Waals surface area (Å²) in [6.45, 7) is 1.76. The van der Waals surface area contributed by atoms with Gasteiger partial charge in [0.15, 0.2) is 0 Å². The number of nitrogens with two attached hydrogens (primary N) is 2. The molecule has 0 aliphatic carbocycles. The number of nitro benzene ring substituents is 1. The molecule has 0 saturated carbocycles. The number of ether oxygens (including phenoxy) is 1. The fraction of sp³-hybridized carbons (Fsp3) is 0.583. The highest BCUT2D eigenvalue weighted by molar-refractivity contribution is 5.92. The number of hydrogen-bond donors (Lipinski definition) is 4. The van der Waals surface area contributed by atoms with Gasteiger partial charge in [-0.25, -0.2) is 4.79 Å². The van der Waals surface area contributed by atoms with E-state index < -0.39 is 70.6 Å². The summed E-state index contributed by atoms with van der Waals surface area (Å²) in [4.78, 5) is 60.8. The van der Waals surface area contributed by atoms with Crippen molar-refractivity contribution >= 4 is 35.1 Å². The van der Waals surface area contributed by atoms with Crippen molar-refractivity contribution in [3.8, 4) is 0 Å². The number of halogens is 3. The summed E-state index contributed by atoms with van der Waals surface area (Å²) < 4.78 is 44.8. The normalized spacial score (nSPS) is 16.6. The number of benzene rings is 1. The Morgan fingerprint density at radius 1 is 1.25 bits per heavy atom. The Morgan fingerprint density at radius 2 is 1.95 bits per heavy atom. The predicted octanol–water partition coefficient (Wildman–Crippen LogP) is 1.44. The molecule has 6 N–H and O–H groups in total. The molecule has 3 atom stereocenters. The molecule has 40 heavy (non-hydrogen) atoms. The van der Waals surface area contributed by atoms with E-state index in [1.54, 1.807) is 0 Å². The molecule has 1 saturated heterocycles. The van der Waals surface area contributed by atoms with E-state index in [-0.39, 0.29) is 18.8 Å². The first-order valence-electron chi connectivity index (χ1n) is 12.6. The fourth-order valence-corrected chi connectivity index (χ4v) is 4.14. The standard InChI is InChI=1S/C24H33F3N6O7/c1-14(11-20(34)31-15-7-8-18(33(38)39)16(12-15)24(25,26)27)40-23(37)19-6-4-10-32(19)21(35)13-30-22(36)17(29)5-2-3-9-28/h7-8,12,14,17,19H,2-6,9-11,13,28-29H2,1H3,(H,30,36)(H,31,34)/t14?,17-,19-/m0/s1. The lowest BCUT2D eigenvalue weighted by atomic mass is 10.1. The van der Waals surface area contributed by atoms with Crippen LogP contribution in [0.3, 0.4) is 0 Å². The smallest absolute Gasteiger partial charge is 0.423 e. The molecular formula is C24H33F3N6O7. The zero-order valence-corrected chi connectivity index (χ0v) is 21.9. The van der Waals surface area contributed by atoms with Gasteiger partial charge in [0.1, 0.15) is 17.7 Å². The van der Waals surface area contributed by atoms with Crippen molar-refractivity contribution < 1.29 is 42.0 Å². The van der Waals surface area contributed by atoms with E-state index in [1.165, 1.54) is 11.8 Å². The van der Waals surface area contributed by atoms with Gasteiger partial charge in [-0.2, -0.15) is 13.2 Å². The van der Waals surface area contributed by atoms with Crippen LogP contribution in [0.1, 0.15) is 51.0 Å². The number of hydrogen-bond acceptors (Lipinski definition) is 9. The van der Waals surface area contributed by atoms with Crippen LogP contribution in [-0.2, 0) is 30.1 Å². The van der Waals surface area contributed by atoms with Gasteiger partial charge < -0.3 is 31.7 Å². The molecule has 1 fully saturated rings. The highest BCUT2D eigenvalue weighted by atomic mass is 19.4. The number of amides is 3. The Hall–Kier alpha value is -3.79. The summed E-state index contributed by atoms with van der Waals surface area (Å²) in [5.74, 6) is -2.58. The molecule has 0 bridgehead atoms. The first-order valence-corrected chi connectivity index (χ1v) is 12.6. The Balaban J connectivity index is 1.89. The van der Waals surface area contributed by atoms with Crippen LogP contribution in [0.25, 0.3) is 0 Å². The molecule has 0 aromatic heterocycles. The number of carbonyl (C=O) groups excluding carboxylic acids is 4. The van der Waals surface area contributed by atoms with E-state index in [0.29, 0.717) is 50.8 Å². The molecule has 3 amide bonds. The summed E-state index contributed by atoms with van der Waals surface area (Å²) in [6, 6.07) is 0.302. The Bertz CT molecular complexity index is 1100. The summed E-state index contributed by atoms with van der Waals surface area (Å²) in [6.07, 6.45) is -3.84. The van der Waals surface area contributed by atoms with E-state index in [0.717, 1.165) is 6.07 Å². The molecule has 13 nitrogen and oxygen atoms in total. The van der Waals surface area contributed by atoms with Gasteiger partial charge >= 0.3 is 12.1 Å². The number of nitro groups is 1. The molecule has 2 rings (SSSR count). The van der Waals surface area contributed by atoms with E-state index in [2.05, 4.69) is 10.6 Å². The van der Waals surface area contributed by atoms with Crippen LogP contribution in [0.15, 0.2) is 18.2 Å². The monoisotopic (exact) mass is 574 g/mol. The predicted molar refractivity (Wildman–Crippen MR) is 136 cm³/mol. The maximum atomic E-state index is 13.2. The quantitative estimate of drug-likeness (QED) is 0.116. The molecule has 1 unspecified atom stereocenters. The van der Waals surface area contributed by atoms with Crippen molar-refractivity contribution in [2.45, 2.75) is 69.8 Å². The van der Waals surface area contributed by atoms with Crippen LogP contribution >= 0.6 is 0 Å². The summed E-state index contributed by atoms with van der Waals surface area (Å²) in [5, 5.41) is 15.5. The second kappa shape index (κ2) is 14.6. The number of esters is 1. The van der Waals surface area contributed by atoms with E-state index in [9.17, 15) is 42.5 Å². The molecule has 1 aliphatic rings. The third-order valence-electron chi connectivity index (χ3n) is 6.14. The van der Waals surface area contributed by atoms with Gasteiger partial charge in [-0.05, 0) is 51.3 Å². The van der Waals surface area contributed by atoms with Crippen LogP contribution in [0, 0.1) is 10.1 Å². The first kappa shape index (κ1) is 32.4. The molecule has 1 heterocycles. The molecule has 0 spiro atoms. The highest BCUT2D eigenvalue weighted by Crippen LogP contribution is 2.37. The fourth-order valence-electron chi connectivity index (χ4n) is 4.14. The molecule has 1 aromatic rings. The van der Waals surface area contributed by atoms with Crippen LogP contribution < -0.4 is 22.1 Å². The van der Waals surface area contributed by atoms with E-state index >= 15 is 0 Å². The van der Waals surface area contributed by atoms with Crippen LogP contribution in [-0.4, -0.2) is 71.3 Å². The molecule has 1 aromatic carbocycles. The molecular weight excluding hydrogens is 541 g/mol. The van der Waals surface area contributed by atoms with Gasteiger partial charge in [-0.1, -0.05) is 6.42 Å². The third-order valence-corrected chi connectivity index (χ3v) is 6.14. The van der Waals surface area contributed by atoms with Gasteiger partial charge in [0.25, 0.3) is 5.69 Å². The van der Waals surface area contributed by atoms with Gasteiger partial charge in [0.05, 0.1) is 23.9 Å². The summed E-state index contributed by atoms with van der Waals surface area (Å²) in [7, 11) is 0. The number of carbonyl (C=O) groups is 4. The first-order chi connectivity index (χ1) is 18.7. The van der Waals surface area contributed by atoms with E-state index in [1.807, 2.05) is 0 Å². The third kappa shape index (κ3) is 9.44. The van der Waals surface area contributed by atoms with Crippen molar-refractivity contribution in [3.05, 3.63) is 33.9 Å². The lowest BCUT2D eigenvalue weighted by molar-refractivity contribution is -0.388. The lowest BCUT2D eigenvalue weighted by Gasteiger charge is -2.25. The molecule has 222 valence electrons. The SMILES string of the molecule is CC(CC(=O)Nc1ccc([N+](=O)[O-])c(C(F)(F)F)c1)OC(=O)[C@@H]1CCCN1C(=O)CNC(=O)[C@@H](N)CCCCN. The summed E-state index contributed by atoms with van der Waals surface area (Å²) >= 11 is 0. The number of likely N-dealkylation sites (tertiary alicyclic amines) is 1. The number of nitrogens with zero attached hydrogens (tertiary/aromatic N) is 2. The topological polar surface area (TPSA) is 200 Å². The maximum Gasteiger partial charge on any atom is 0.423 e. The number of unbranched alkanes of at least 4 members (excludes halogenated alkanes) is 1. The molecule has 1 aliphatic heterocycles. The lowest BCUT2D eigenvalue weighted by Crippen LogP contribution is -2.49. The number of rotatable bonds is 13. The van der Waals surface area contributed by atoms with Crippen molar-refractivity contribution in [3.63, 3.8) is 0 Å². The Labute approximate surface area is 227 Å². The van der Waals surface area contributed by atoms with Crippen LogP contribution in [0.2, 0.25) is 0 Å². The molecule has 0 radical (unpaired) electrons. The largest absolute Gasteiger partial charge is 0.461 e. The summed E-state index contributed by atoms with van der Waals surface area (Å²) in [5.41, 5.74) is 8.20. The zero-order chi connectivity index (χ0) is 30.0. The minimum absolute atomic E-state index is 0.258. The maximum absolute atomic E-state index is 13.2. The minimum atomic E-state index is -5.02. The van der Waals surface area contributed by atoms with Crippen molar-refractivity contribution in [1.82, 2.24) is 10.2 Å². The van der Waals surface area contributed by atoms with E-state index in [4.69, 9.17) is 16.2 Å². The molecule has 16 heteroatoms. The second-order valence-corrected chi connectivity index (χ2v) is 9.34.